The van der Waals surface area contributed by atoms with Gasteiger partial charge < -0.3 is 24.1 Å². The van der Waals surface area contributed by atoms with Crippen LogP contribution >= 0.6 is 11.6 Å². The number of nitrogens with zero attached hydrogens (tertiary/aromatic N) is 1. The Morgan fingerprint density at radius 1 is 0.897 bits per heavy atom. The van der Waals surface area contributed by atoms with Crippen LogP contribution in [-0.2, 0) is 25.6 Å². The number of amides is 2. The van der Waals surface area contributed by atoms with Crippen molar-refractivity contribution in [1.82, 2.24) is 15.2 Å². The molecule has 0 radical (unpaired) electrons. The third-order valence-corrected chi connectivity index (χ3v) is 6.89. The van der Waals surface area contributed by atoms with Crippen LogP contribution in [0, 0.1) is 0 Å². The summed E-state index contributed by atoms with van der Waals surface area (Å²) in [6, 6.07) is 15.4. The summed E-state index contributed by atoms with van der Waals surface area (Å²) in [6.07, 6.45) is 1.73. The Hall–Kier alpha value is -3.69. The summed E-state index contributed by atoms with van der Waals surface area (Å²) in [5.41, 5.74) is 3.48. The third kappa shape index (κ3) is 5.42. The largest absolute Gasteiger partial charge is 0.489 e. The van der Waals surface area contributed by atoms with Gasteiger partial charge in [0.25, 0.3) is 11.8 Å². The topological polar surface area (TPSA) is 92.9 Å². The lowest BCUT2D eigenvalue weighted by Crippen LogP contribution is -2.22. The second-order valence-corrected chi connectivity index (χ2v) is 9.99. The first-order valence-corrected chi connectivity index (χ1v) is 13.0. The number of hydrogen-bond donors (Lipinski definition) is 2. The molecular formula is C30H30ClN3O5. The number of methoxy groups -OCH3 is 1. The lowest BCUT2D eigenvalue weighted by atomic mass is 9.91. The first kappa shape index (κ1) is 26.9. The van der Waals surface area contributed by atoms with Gasteiger partial charge in [0.2, 0.25) is 0 Å². The van der Waals surface area contributed by atoms with Gasteiger partial charge in [-0.1, -0.05) is 41.9 Å². The molecule has 0 spiro atoms. The van der Waals surface area contributed by atoms with Gasteiger partial charge in [-0.15, -0.1) is 0 Å². The molecule has 1 aliphatic heterocycles. The van der Waals surface area contributed by atoms with Crippen molar-refractivity contribution >= 4 is 56.2 Å². The van der Waals surface area contributed by atoms with Gasteiger partial charge in [-0.25, -0.2) is 0 Å². The molecule has 2 N–H and O–H groups in total. The van der Waals surface area contributed by atoms with Crippen LogP contribution in [0.1, 0.15) is 16.7 Å². The van der Waals surface area contributed by atoms with E-state index in [4.69, 9.17) is 25.8 Å². The van der Waals surface area contributed by atoms with Gasteiger partial charge in [0, 0.05) is 41.4 Å². The lowest BCUT2D eigenvalue weighted by molar-refractivity contribution is -0.122. The second kappa shape index (κ2) is 11.6. The number of aromatic amines is 1. The molecule has 2 amide bonds. The molecule has 39 heavy (non-hydrogen) atoms. The normalized spacial score (nSPS) is 13.8. The molecule has 1 aromatic heterocycles. The van der Waals surface area contributed by atoms with Crippen LogP contribution in [-0.4, -0.2) is 69.3 Å². The number of carbonyl (C=O) groups excluding carboxylic acids is 2. The van der Waals surface area contributed by atoms with Gasteiger partial charge in [-0.2, -0.15) is 0 Å². The zero-order chi connectivity index (χ0) is 27.5. The van der Waals surface area contributed by atoms with Crippen LogP contribution in [0.15, 0.2) is 54.7 Å². The van der Waals surface area contributed by atoms with E-state index in [-0.39, 0.29) is 11.1 Å². The average molecular weight is 548 g/mol. The molecule has 0 fully saturated rings. The highest BCUT2D eigenvalue weighted by atomic mass is 35.5. The minimum atomic E-state index is -0.475. The fraction of sp³-hybridized carbons (Fsp3) is 0.267. The van der Waals surface area contributed by atoms with E-state index < -0.39 is 11.8 Å². The molecule has 0 aliphatic carbocycles. The van der Waals surface area contributed by atoms with Crippen LogP contribution < -0.4 is 10.1 Å². The number of ether oxygens (including phenoxy) is 3. The molecule has 2 heterocycles. The molecule has 8 nitrogen and oxygen atoms in total. The monoisotopic (exact) mass is 547 g/mol. The van der Waals surface area contributed by atoms with Crippen molar-refractivity contribution in [3.05, 3.63) is 76.4 Å². The molecule has 0 saturated carbocycles. The lowest BCUT2D eigenvalue weighted by Gasteiger charge is -2.14. The van der Waals surface area contributed by atoms with E-state index in [9.17, 15) is 9.59 Å². The number of halogens is 1. The summed E-state index contributed by atoms with van der Waals surface area (Å²) >= 11 is 6.74. The number of para-hydroxylation sites is 1. The highest BCUT2D eigenvalue weighted by molar-refractivity contribution is 6.52. The molecule has 202 valence electrons. The number of aromatic nitrogens is 1. The van der Waals surface area contributed by atoms with Crippen molar-refractivity contribution in [2.75, 3.05) is 47.6 Å². The van der Waals surface area contributed by atoms with Crippen LogP contribution in [0.5, 0.6) is 5.75 Å². The minimum Gasteiger partial charge on any atom is -0.489 e. The van der Waals surface area contributed by atoms with Gasteiger partial charge in [-0.3, -0.25) is 14.9 Å². The molecule has 3 aromatic carbocycles. The van der Waals surface area contributed by atoms with Gasteiger partial charge >= 0.3 is 0 Å². The average Bonchev–Trinajstić information content (AvgIpc) is 3.45. The number of imide groups is 1. The highest BCUT2D eigenvalue weighted by Crippen LogP contribution is 2.41. The van der Waals surface area contributed by atoms with Crippen molar-refractivity contribution in [2.45, 2.75) is 6.54 Å². The Labute approximate surface area is 231 Å². The maximum atomic E-state index is 13.3. The van der Waals surface area contributed by atoms with E-state index in [0.29, 0.717) is 48.3 Å². The van der Waals surface area contributed by atoms with Gasteiger partial charge in [0.1, 0.15) is 12.4 Å². The van der Waals surface area contributed by atoms with E-state index in [1.165, 1.54) is 0 Å². The smallest absolute Gasteiger partial charge is 0.259 e. The maximum absolute atomic E-state index is 13.3. The van der Waals surface area contributed by atoms with Crippen molar-refractivity contribution in [3.8, 4) is 5.75 Å². The highest BCUT2D eigenvalue weighted by Gasteiger charge is 2.35. The summed E-state index contributed by atoms with van der Waals surface area (Å²) in [7, 11) is 5.62. The molecule has 0 saturated heterocycles. The number of benzene rings is 3. The number of H-pyrrole nitrogens is 1. The molecule has 1 aliphatic rings. The Bertz CT molecular complexity index is 1590. The van der Waals surface area contributed by atoms with Gasteiger partial charge in [-0.05, 0) is 48.6 Å². The van der Waals surface area contributed by atoms with Crippen molar-refractivity contribution in [3.63, 3.8) is 0 Å². The van der Waals surface area contributed by atoms with Gasteiger partial charge in [0.15, 0.2) is 0 Å². The maximum Gasteiger partial charge on any atom is 0.259 e. The number of nitrogens with one attached hydrogen (secondary N) is 2. The zero-order valence-corrected chi connectivity index (χ0v) is 22.9. The molecule has 0 atom stereocenters. The second-order valence-electron chi connectivity index (χ2n) is 9.58. The predicted octanol–water partition coefficient (Wildman–Crippen LogP) is 4.65. The Morgan fingerprint density at radius 3 is 2.46 bits per heavy atom. The molecule has 9 heteroatoms. The summed E-state index contributed by atoms with van der Waals surface area (Å²) in [6.45, 7) is 2.50. The van der Waals surface area contributed by atoms with E-state index in [2.05, 4.69) is 21.3 Å². The predicted molar refractivity (Wildman–Crippen MR) is 153 cm³/mol. The zero-order valence-electron chi connectivity index (χ0n) is 22.1. The van der Waals surface area contributed by atoms with Crippen LogP contribution in [0.2, 0.25) is 5.02 Å². The summed E-state index contributed by atoms with van der Waals surface area (Å²) < 4.78 is 16.4. The van der Waals surface area contributed by atoms with E-state index in [0.717, 1.165) is 33.8 Å². The standard InChI is InChI=1S/C30H30ClN3O5/c1-34(2)17-18-7-8-19-9-10-23(31)25(21(19)15-18)27-26(29(35)33-30(27)36)22-16-32-28-20(22)5-4-6-24(28)39-14-13-38-12-11-37-3/h4-10,15-16,32H,11-14,17H2,1-3H3,(H,33,35,36). The van der Waals surface area contributed by atoms with Gasteiger partial charge in [0.05, 0.1) is 36.5 Å². The minimum absolute atomic E-state index is 0.261. The molecule has 4 aromatic rings. The Balaban J connectivity index is 1.60. The first-order chi connectivity index (χ1) is 18.9. The Morgan fingerprint density at radius 2 is 1.67 bits per heavy atom. The SMILES string of the molecule is COCCOCCOc1cccc2c(C3=C(c4c(Cl)ccc5ccc(CN(C)C)cc45)C(=O)NC3=O)c[nH]c12. The van der Waals surface area contributed by atoms with Crippen LogP contribution in [0.4, 0.5) is 0 Å². The number of fused-ring (bicyclic) bond motifs is 2. The van der Waals surface area contributed by atoms with Crippen molar-refractivity contribution in [2.24, 2.45) is 0 Å². The first-order valence-electron chi connectivity index (χ1n) is 12.6. The fourth-order valence-electron chi connectivity index (χ4n) is 4.92. The molecule has 5 rings (SSSR count). The molecule has 0 unspecified atom stereocenters. The van der Waals surface area contributed by atoms with Crippen LogP contribution in [0.25, 0.3) is 32.8 Å². The van der Waals surface area contributed by atoms with Crippen molar-refractivity contribution < 1.29 is 23.8 Å². The van der Waals surface area contributed by atoms with E-state index in [1.807, 2.05) is 50.5 Å². The van der Waals surface area contributed by atoms with E-state index in [1.54, 1.807) is 19.4 Å². The molecular weight excluding hydrogens is 518 g/mol. The van der Waals surface area contributed by atoms with E-state index >= 15 is 0 Å². The summed E-state index contributed by atoms with van der Waals surface area (Å²) in [5, 5.41) is 5.40. The number of carbonyl (C=O) groups is 2. The summed E-state index contributed by atoms with van der Waals surface area (Å²) in [5.74, 6) is -0.318. The van der Waals surface area contributed by atoms with Crippen LogP contribution in [0.3, 0.4) is 0 Å². The number of hydrogen-bond acceptors (Lipinski definition) is 6. The Kier molecular flexibility index (Phi) is 7.99. The number of rotatable bonds is 11. The fourth-order valence-corrected chi connectivity index (χ4v) is 5.18. The summed E-state index contributed by atoms with van der Waals surface area (Å²) in [4.78, 5) is 31.8. The van der Waals surface area contributed by atoms with Crippen molar-refractivity contribution in [1.29, 1.82) is 0 Å². The third-order valence-electron chi connectivity index (χ3n) is 6.58. The molecule has 0 bridgehead atoms. The quantitative estimate of drug-likeness (QED) is 0.210.